The van der Waals surface area contributed by atoms with Crippen molar-refractivity contribution in [1.82, 2.24) is 9.97 Å². The molecular weight excluding hydrogens is 244 g/mol. The predicted octanol–water partition coefficient (Wildman–Crippen LogP) is 3.23. The maximum Gasteiger partial charge on any atom is 0.188 e. The summed E-state index contributed by atoms with van der Waals surface area (Å²) in [6.07, 6.45) is 5.22. The topological polar surface area (TPSA) is 42.9 Å². The summed E-state index contributed by atoms with van der Waals surface area (Å²) in [5, 5.41) is 2.39. The third kappa shape index (κ3) is 2.53. The summed E-state index contributed by atoms with van der Waals surface area (Å²) in [5.74, 6) is 0.395. The van der Waals surface area contributed by atoms with E-state index in [9.17, 15) is 4.79 Å². The van der Waals surface area contributed by atoms with Crippen molar-refractivity contribution in [3.8, 4) is 0 Å². The van der Waals surface area contributed by atoms with Crippen molar-refractivity contribution < 1.29 is 4.79 Å². The summed E-state index contributed by atoms with van der Waals surface area (Å²) < 4.78 is 0. The number of Topliss-reactive ketones (excluding diaryl/α,β-unsaturated/α-hetero) is 1. The second-order valence-corrected chi connectivity index (χ2v) is 5.83. The van der Waals surface area contributed by atoms with Crippen LogP contribution in [0.25, 0.3) is 10.9 Å². The van der Waals surface area contributed by atoms with Crippen molar-refractivity contribution in [3.63, 3.8) is 0 Å². The lowest BCUT2D eigenvalue weighted by Crippen LogP contribution is -2.15. The Kier molecular flexibility index (Phi) is 3.28. The Morgan fingerprint density at radius 2 is 1.94 bits per heavy atom. The summed E-state index contributed by atoms with van der Waals surface area (Å²) in [6.45, 7) is 0. The number of thioether (sulfide) groups is 1. The van der Waals surface area contributed by atoms with Crippen LogP contribution in [-0.4, -0.2) is 21.0 Å². The van der Waals surface area contributed by atoms with E-state index >= 15 is 0 Å². The molecule has 0 bridgehead atoms. The molecule has 1 saturated carbocycles. The normalized spacial score (nSPS) is 17.2. The Morgan fingerprint density at radius 1 is 1.17 bits per heavy atom. The molecule has 0 radical (unpaired) electrons. The lowest BCUT2D eigenvalue weighted by molar-refractivity contribution is -0.120. The highest BCUT2D eigenvalue weighted by molar-refractivity contribution is 7.99. The number of ketones is 1. The first-order chi connectivity index (χ1) is 8.81. The van der Waals surface area contributed by atoms with Crippen molar-refractivity contribution in [2.24, 2.45) is 0 Å². The second kappa shape index (κ2) is 5.06. The quantitative estimate of drug-likeness (QED) is 0.776. The van der Waals surface area contributed by atoms with Crippen LogP contribution in [0.4, 0.5) is 0 Å². The molecule has 1 heterocycles. The van der Waals surface area contributed by atoms with Crippen LogP contribution in [0.1, 0.15) is 25.7 Å². The smallest absolute Gasteiger partial charge is 0.188 e. The zero-order valence-corrected chi connectivity index (χ0v) is 10.8. The van der Waals surface area contributed by atoms with Gasteiger partial charge in [0.25, 0.3) is 0 Å². The Bertz CT molecular complexity index is 575. The van der Waals surface area contributed by atoms with Gasteiger partial charge in [-0.3, -0.25) is 4.79 Å². The molecule has 2 aromatic rings. The first-order valence-electron chi connectivity index (χ1n) is 6.21. The fourth-order valence-corrected chi connectivity index (χ4v) is 3.23. The number of hydrogen-bond acceptors (Lipinski definition) is 4. The molecule has 3 rings (SSSR count). The van der Waals surface area contributed by atoms with Gasteiger partial charge in [0, 0.05) is 29.7 Å². The summed E-state index contributed by atoms with van der Waals surface area (Å²) in [7, 11) is 0. The summed E-state index contributed by atoms with van der Waals surface area (Å²) in [6, 6.07) is 8.00. The van der Waals surface area contributed by atoms with Gasteiger partial charge in [0.05, 0.1) is 5.52 Å². The molecule has 1 aromatic carbocycles. The molecule has 1 fully saturated rings. The average molecular weight is 258 g/mol. The lowest BCUT2D eigenvalue weighted by atomic mass is 9.99. The highest BCUT2D eigenvalue weighted by Gasteiger charge is 2.20. The van der Waals surface area contributed by atoms with E-state index in [2.05, 4.69) is 9.97 Å². The predicted molar refractivity (Wildman–Crippen MR) is 72.7 cm³/mol. The Labute approximate surface area is 110 Å². The standard InChI is InChI=1S/C14H14N2OS/c17-11-5-7-12(8-6-11)18-14-15-9-10-3-1-2-4-13(10)16-14/h1-4,9,12H,5-8H2. The van der Waals surface area contributed by atoms with Crippen molar-refractivity contribution in [2.75, 3.05) is 0 Å². The zero-order valence-electron chi connectivity index (χ0n) is 10.0. The summed E-state index contributed by atoms with van der Waals surface area (Å²) >= 11 is 1.71. The number of carbonyl (C=O) groups is 1. The number of nitrogens with zero attached hydrogens (tertiary/aromatic N) is 2. The Hall–Kier alpha value is -1.42. The minimum absolute atomic E-state index is 0.395. The van der Waals surface area contributed by atoms with Gasteiger partial charge in [0.2, 0.25) is 0 Å². The summed E-state index contributed by atoms with van der Waals surface area (Å²) in [4.78, 5) is 20.1. The van der Waals surface area contributed by atoms with E-state index in [-0.39, 0.29) is 0 Å². The highest BCUT2D eigenvalue weighted by atomic mass is 32.2. The Morgan fingerprint density at radius 3 is 2.78 bits per heavy atom. The van der Waals surface area contributed by atoms with Gasteiger partial charge in [-0.2, -0.15) is 0 Å². The molecule has 1 aromatic heterocycles. The van der Waals surface area contributed by atoms with Crippen LogP contribution in [0.3, 0.4) is 0 Å². The second-order valence-electron chi connectivity index (χ2n) is 4.57. The molecule has 1 aliphatic rings. The van der Waals surface area contributed by atoms with Gasteiger partial charge in [0.15, 0.2) is 5.16 Å². The number of benzene rings is 1. The van der Waals surface area contributed by atoms with Crippen molar-refractivity contribution in [3.05, 3.63) is 30.5 Å². The van der Waals surface area contributed by atoms with Gasteiger partial charge in [-0.1, -0.05) is 30.0 Å². The van der Waals surface area contributed by atoms with Crippen LogP contribution >= 0.6 is 11.8 Å². The van der Waals surface area contributed by atoms with E-state index in [4.69, 9.17) is 0 Å². The molecule has 0 N–H and O–H groups in total. The molecule has 0 saturated heterocycles. The minimum atomic E-state index is 0.395. The van der Waals surface area contributed by atoms with Gasteiger partial charge in [-0.25, -0.2) is 9.97 Å². The van der Waals surface area contributed by atoms with Gasteiger partial charge in [-0.05, 0) is 18.9 Å². The van der Waals surface area contributed by atoms with E-state index in [1.54, 1.807) is 11.8 Å². The van der Waals surface area contributed by atoms with Crippen molar-refractivity contribution in [1.29, 1.82) is 0 Å². The number of para-hydroxylation sites is 1. The van der Waals surface area contributed by atoms with Gasteiger partial charge >= 0.3 is 0 Å². The third-order valence-electron chi connectivity index (χ3n) is 3.23. The van der Waals surface area contributed by atoms with E-state index in [0.29, 0.717) is 23.9 Å². The van der Waals surface area contributed by atoms with Gasteiger partial charge < -0.3 is 0 Å². The molecule has 4 heteroatoms. The molecule has 0 atom stereocenters. The van der Waals surface area contributed by atoms with Crippen LogP contribution in [0.15, 0.2) is 35.6 Å². The van der Waals surface area contributed by atoms with Gasteiger partial charge in [-0.15, -0.1) is 0 Å². The van der Waals surface area contributed by atoms with Gasteiger partial charge in [0.1, 0.15) is 5.78 Å². The molecule has 3 nitrogen and oxygen atoms in total. The van der Waals surface area contributed by atoms with Crippen LogP contribution in [0.2, 0.25) is 0 Å². The van der Waals surface area contributed by atoms with Crippen LogP contribution in [0.5, 0.6) is 0 Å². The van der Waals surface area contributed by atoms with E-state index in [1.165, 1.54) is 0 Å². The maximum atomic E-state index is 11.2. The van der Waals surface area contributed by atoms with Crippen molar-refractivity contribution in [2.45, 2.75) is 36.1 Å². The first kappa shape index (κ1) is 11.7. The van der Waals surface area contributed by atoms with Crippen LogP contribution in [0, 0.1) is 0 Å². The number of fused-ring (bicyclic) bond motifs is 1. The van der Waals surface area contributed by atoms with Crippen molar-refractivity contribution >= 4 is 28.4 Å². The SMILES string of the molecule is O=C1CCC(Sc2ncc3ccccc3n2)CC1. The number of rotatable bonds is 2. The molecule has 18 heavy (non-hydrogen) atoms. The first-order valence-corrected chi connectivity index (χ1v) is 7.09. The molecule has 0 unspecified atom stereocenters. The lowest BCUT2D eigenvalue weighted by Gasteiger charge is -2.19. The fraction of sp³-hybridized carbons (Fsp3) is 0.357. The third-order valence-corrected chi connectivity index (χ3v) is 4.44. The molecule has 0 aliphatic heterocycles. The number of hydrogen-bond donors (Lipinski definition) is 0. The van der Waals surface area contributed by atoms with E-state index < -0.39 is 0 Å². The van der Waals surface area contributed by atoms with Crippen LogP contribution in [-0.2, 0) is 4.79 Å². The zero-order chi connectivity index (χ0) is 12.4. The average Bonchev–Trinajstić information content (AvgIpc) is 2.41. The number of carbonyl (C=O) groups excluding carboxylic acids is 1. The molecular formula is C14H14N2OS. The number of aromatic nitrogens is 2. The largest absolute Gasteiger partial charge is 0.300 e. The fourth-order valence-electron chi connectivity index (χ4n) is 2.19. The monoisotopic (exact) mass is 258 g/mol. The Balaban J connectivity index is 1.76. The van der Waals surface area contributed by atoms with Crippen LogP contribution < -0.4 is 0 Å². The highest BCUT2D eigenvalue weighted by Crippen LogP contribution is 2.31. The molecule has 0 amide bonds. The van der Waals surface area contributed by atoms with E-state index in [1.807, 2.05) is 30.5 Å². The summed E-state index contributed by atoms with van der Waals surface area (Å²) in [5.41, 5.74) is 0.988. The molecule has 1 aliphatic carbocycles. The molecule has 92 valence electrons. The maximum absolute atomic E-state index is 11.2. The molecule has 0 spiro atoms. The van der Waals surface area contributed by atoms with E-state index in [0.717, 1.165) is 28.9 Å². The minimum Gasteiger partial charge on any atom is -0.300 e.